The van der Waals surface area contributed by atoms with Crippen LogP contribution >= 0.6 is 0 Å². The second kappa shape index (κ2) is 6.40. The van der Waals surface area contributed by atoms with Gasteiger partial charge in [-0.3, -0.25) is 14.9 Å². The maximum atomic E-state index is 10.6. The van der Waals surface area contributed by atoms with Gasteiger partial charge in [0, 0.05) is 37.1 Å². The number of hydrogen-bond donors (Lipinski definition) is 1. The van der Waals surface area contributed by atoms with Gasteiger partial charge in [-0.05, 0) is 19.1 Å². The molecule has 5 nitrogen and oxygen atoms in total. The quantitative estimate of drug-likeness (QED) is 0.382. The van der Waals surface area contributed by atoms with Gasteiger partial charge in [0.1, 0.15) is 0 Å². The maximum Gasteiger partial charge on any atom is 0.272 e. The van der Waals surface area contributed by atoms with Crippen molar-refractivity contribution in [1.82, 2.24) is 5.32 Å². The summed E-state index contributed by atoms with van der Waals surface area (Å²) in [6, 6.07) is 4.76. The Balaban J connectivity index is 2.64. The summed E-state index contributed by atoms with van der Waals surface area (Å²) in [5.41, 5.74) is 1.42. The molecule has 1 amide bonds. The van der Waals surface area contributed by atoms with Gasteiger partial charge in [-0.1, -0.05) is 11.8 Å². The number of rotatable bonds is 3. The Bertz CT molecular complexity index is 527. The molecule has 5 heteroatoms. The Labute approximate surface area is 105 Å². The molecule has 0 aliphatic rings. The molecule has 0 aliphatic heterocycles. The van der Waals surface area contributed by atoms with E-state index < -0.39 is 4.92 Å². The number of hydrogen-bond acceptors (Lipinski definition) is 3. The zero-order chi connectivity index (χ0) is 13.5. The summed E-state index contributed by atoms with van der Waals surface area (Å²) in [6.45, 7) is 3.64. The van der Waals surface area contributed by atoms with Crippen molar-refractivity contribution in [2.45, 2.75) is 20.3 Å². The van der Waals surface area contributed by atoms with Crippen LogP contribution in [0.15, 0.2) is 18.2 Å². The molecule has 1 N–H and O–H groups in total. The van der Waals surface area contributed by atoms with Gasteiger partial charge in [0.2, 0.25) is 5.91 Å². The Kier molecular flexibility index (Phi) is 4.88. The second-order valence-corrected chi connectivity index (χ2v) is 3.79. The van der Waals surface area contributed by atoms with Gasteiger partial charge in [0.15, 0.2) is 0 Å². The number of nitro groups is 1. The molecule has 1 aromatic carbocycles. The summed E-state index contributed by atoms with van der Waals surface area (Å²) in [5, 5.41) is 13.3. The van der Waals surface area contributed by atoms with E-state index in [1.807, 2.05) is 0 Å². The summed E-state index contributed by atoms with van der Waals surface area (Å²) in [7, 11) is 0. The first-order valence-electron chi connectivity index (χ1n) is 5.49. The van der Waals surface area contributed by atoms with E-state index in [0.717, 1.165) is 5.56 Å². The molecule has 0 saturated heterocycles. The fraction of sp³-hybridized carbons (Fsp3) is 0.308. The molecule has 0 heterocycles. The highest BCUT2D eigenvalue weighted by Crippen LogP contribution is 2.18. The minimum absolute atomic E-state index is 0.0806. The predicted molar refractivity (Wildman–Crippen MR) is 68.0 cm³/mol. The standard InChI is InChI=1S/C13H14N2O3/c1-10-9-12(6-7-13(10)15(17)18)5-3-4-8-14-11(2)16/h6-7,9H,4,8H2,1-2H3,(H,14,16). The molecule has 1 rings (SSSR count). The van der Waals surface area contributed by atoms with Crippen molar-refractivity contribution in [3.63, 3.8) is 0 Å². The zero-order valence-electron chi connectivity index (χ0n) is 10.3. The molecule has 0 unspecified atom stereocenters. The third-order valence-electron chi connectivity index (χ3n) is 2.25. The highest BCUT2D eigenvalue weighted by molar-refractivity contribution is 5.72. The molecule has 0 fully saturated rings. The summed E-state index contributed by atoms with van der Waals surface area (Å²) in [4.78, 5) is 20.8. The molecule has 0 aromatic heterocycles. The lowest BCUT2D eigenvalue weighted by Crippen LogP contribution is -2.20. The van der Waals surface area contributed by atoms with E-state index in [1.54, 1.807) is 19.1 Å². The lowest BCUT2D eigenvalue weighted by molar-refractivity contribution is -0.385. The molecule has 18 heavy (non-hydrogen) atoms. The molecule has 0 spiro atoms. The number of carbonyl (C=O) groups is 1. The van der Waals surface area contributed by atoms with Gasteiger partial charge in [-0.25, -0.2) is 0 Å². The number of nitrogens with one attached hydrogen (secondary N) is 1. The number of carbonyl (C=O) groups excluding carboxylic acids is 1. The van der Waals surface area contributed by atoms with E-state index in [4.69, 9.17) is 0 Å². The van der Waals surface area contributed by atoms with Gasteiger partial charge in [0.25, 0.3) is 5.69 Å². The van der Waals surface area contributed by atoms with Gasteiger partial charge < -0.3 is 5.32 Å². The van der Waals surface area contributed by atoms with Gasteiger partial charge in [-0.15, -0.1) is 0 Å². The molecule has 94 valence electrons. The van der Waals surface area contributed by atoms with Gasteiger partial charge in [0.05, 0.1) is 4.92 Å². The third kappa shape index (κ3) is 4.26. The van der Waals surface area contributed by atoms with Crippen molar-refractivity contribution >= 4 is 11.6 Å². The molecular weight excluding hydrogens is 232 g/mol. The summed E-state index contributed by atoms with van der Waals surface area (Å²) in [6.07, 6.45) is 0.551. The van der Waals surface area contributed by atoms with Crippen LogP contribution in [0.3, 0.4) is 0 Å². The van der Waals surface area contributed by atoms with E-state index >= 15 is 0 Å². The number of aryl methyl sites for hydroxylation is 1. The highest BCUT2D eigenvalue weighted by atomic mass is 16.6. The first kappa shape index (κ1) is 13.7. The lowest BCUT2D eigenvalue weighted by Gasteiger charge is -1.97. The smallest absolute Gasteiger partial charge is 0.272 e. The predicted octanol–water partition coefficient (Wildman–Crippen LogP) is 1.78. The third-order valence-corrected chi connectivity index (χ3v) is 2.25. The first-order valence-corrected chi connectivity index (χ1v) is 5.49. The maximum absolute atomic E-state index is 10.6. The SMILES string of the molecule is CC(=O)NCCC#Cc1ccc([N+](=O)[O-])c(C)c1. The lowest BCUT2D eigenvalue weighted by atomic mass is 10.1. The van der Waals surface area contributed by atoms with Crippen LogP contribution in [-0.4, -0.2) is 17.4 Å². The van der Waals surface area contributed by atoms with Crippen LogP contribution in [0.4, 0.5) is 5.69 Å². The largest absolute Gasteiger partial charge is 0.355 e. The van der Waals surface area contributed by atoms with Crippen LogP contribution in [0.1, 0.15) is 24.5 Å². The number of nitrogens with zero attached hydrogens (tertiary/aromatic N) is 1. The molecule has 1 aromatic rings. The topological polar surface area (TPSA) is 72.2 Å². The van der Waals surface area contributed by atoms with Crippen LogP contribution in [0.5, 0.6) is 0 Å². The monoisotopic (exact) mass is 246 g/mol. The van der Waals surface area contributed by atoms with E-state index in [0.29, 0.717) is 18.5 Å². The molecule has 0 radical (unpaired) electrons. The Morgan fingerprint density at radius 1 is 1.50 bits per heavy atom. The van der Waals surface area contributed by atoms with Crippen molar-refractivity contribution in [2.75, 3.05) is 6.54 Å². The van der Waals surface area contributed by atoms with Crippen molar-refractivity contribution in [3.05, 3.63) is 39.4 Å². The van der Waals surface area contributed by atoms with E-state index in [-0.39, 0.29) is 11.6 Å². The van der Waals surface area contributed by atoms with Crippen molar-refractivity contribution in [2.24, 2.45) is 0 Å². The van der Waals surface area contributed by atoms with Crippen molar-refractivity contribution < 1.29 is 9.72 Å². The Morgan fingerprint density at radius 2 is 2.22 bits per heavy atom. The number of nitro benzene ring substituents is 1. The van der Waals surface area contributed by atoms with Crippen molar-refractivity contribution in [3.8, 4) is 11.8 Å². The minimum Gasteiger partial charge on any atom is -0.355 e. The van der Waals surface area contributed by atoms with Crippen molar-refractivity contribution in [1.29, 1.82) is 0 Å². The first-order chi connectivity index (χ1) is 8.50. The average molecular weight is 246 g/mol. The van der Waals surface area contributed by atoms with Crippen LogP contribution in [0.25, 0.3) is 0 Å². The highest BCUT2D eigenvalue weighted by Gasteiger charge is 2.08. The van der Waals surface area contributed by atoms with E-state index in [9.17, 15) is 14.9 Å². The molecule has 0 aliphatic carbocycles. The Hall–Kier alpha value is -2.35. The van der Waals surface area contributed by atoms with Crippen LogP contribution in [0, 0.1) is 28.9 Å². The van der Waals surface area contributed by atoms with Crippen LogP contribution in [-0.2, 0) is 4.79 Å². The van der Waals surface area contributed by atoms with E-state index in [2.05, 4.69) is 17.2 Å². The summed E-state index contributed by atoms with van der Waals surface area (Å²) >= 11 is 0. The zero-order valence-corrected chi connectivity index (χ0v) is 10.3. The van der Waals surface area contributed by atoms with E-state index in [1.165, 1.54) is 13.0 Å². The average Bonchev–Trinajstić information content (AvgIpc) is 2.27. The molecule has 0 bridgehead atoms. The molecule has 0 atom stereocenters. The summed E-state index contributed by atoms with van der Waals surface area (Å²) < 4.78 is 0. The molecule has 0 saturated carbocycles. The summed E-state index contributed by atoms with van der Waals surface area (Å²) in [5.74, 6) is 5.72. The fourth-order valence-electron chi connectivity index (χ4n) is 1.40. The normalized spacial score (nSPS) is 9.22. The van der Waals surface area contributed by atoms with Gasteiger partial charge in [-0.2, -0.15) is 0 Å². The van der Waals surface area contributed by atoms with Crippen LogP contribution < -0.4 is 5.32 Å². The van der Waals surface area contributed by atoms with Crippen LogP contribution in [0.2, 0.25) is 0 Å². The fourth-order valence-corrected chi connectivity index (χ4v) is 1.40. The second-order valence-electron chi connectivity index (χ2n) is 3.79. The number of benzene rings is 1. The molecular formula is C13H14N2O3. The number of amides is 1. The Morgan fingerprint density at radius 3 is 2.78 bits per heavy atom. The minimum atomic E-state index is -0.413. The van der Waals surface area contributed by atoms with Gasteiger partial charge >= 0.3 is 0 Å².